The minimum Gasteiger partial charge on any atom is -0.493 e. The number of pyridine rings is 1. The molecule has 5 heteroatoms. The zero-order chi connectivity index (χ0) is 18.5. The van der Waals surface area contributed by atoms with Crippen molar-refractivity contribution in [1.29, 1.82) is 0 Å². The van der Waals surface area contributed by atoms with E-state index in [0.717, 1.165) is 41.9 Å². The van der Waals surface area contributed by atoms with E-state index in [-0.39, 0.29) is 5.91 Å². The van der Waals surface area contributed by atoms with Crippen molar-refractivity contribution in [2.45, 2.75) is 13.0 Å². The van der Waals surface area contributed by atoms with Crippen molar-refractivity contribution in [1.82, 2.24) is 10.3 Å². The van der Waals surface area contributed by atoms with Gasteiger partial charge in [-0.25, -0.2) is 0 Å². The van der Waals surface area contributed by atoms with Crippen LogP contribution in [0.4, 0.5) is 0 Å². The standard InChI is InChI=1S/C22H22N2O3/c25-22(19-6-7-21-18(12-19)4-2-9-23-21)24-13-16-3-1-5-20(11-16)27-15-17-8-10-26-14-17/h1-7,9,11-12,17H,8,10,13-15H2,(H,24,25). The first-order valence-corrected chi connectivity index (χ1v) is 9.20. The molecule has 1 aromatic heterocycles. The summed E-state index contributed by atoms with van der Waals surface area (Å²) in [6, 6.07) is 17.2. The molecule has 0 bridgehead atoms. The van der Waals surface area contributed by atoms with E-state index >= 15 is 0 Å². The maximum Gasteiger partial charge on any atom is 0.251 e. The van der Waals surface area contributed by atoms with Gasteiger partial charge in [-0.05, 0) is 48.4 Å². The van der Waals surface area contributed by atoms with E-state index in [1.165, 1.54) is 0 Å². The van der Waals surface area contributed by atoms with E-state index in [9.17, 15) is 4.79 Å². The van der Waals surface area contributed by atoms with Crippen molar-refractivity contribution in [2.75, 3.05) is 19.8 Å². The second-order valence-corrected chi connectivity index (χ2v) is 6.78. The van der Waals surface area contributed by atoms with Crippen LogP contribution >= 0.6 is 0 Å². The molecule has 0 aliphatic carbocycles. The summed E-state index contributed by atoms with van der Waals surface area (Å²) in [5.74, 6) is 1.19. The van der Waals surface area contributed by atoms with Crippen molar-refractivity contribution in [3.63, 3.8) is 0 Å². The molecule has 1 atom stereocenters. The van der Waals surface area contributed by atoms with Gasteiger partial charge in [0, 0.05) is 36.2 Å². The van der Waals surface area contributed by atoms with Crippen LogP contribution in [-0.2, 0) is 11.3 Å². The Bertz CT molecular complexity index is 935. The zero-order valence-electron chi connectivity index (χ0n) is 15.1. The fourth-order valence-electron chi connectivity index (χ4n) is 3.18. The Hall–Kier alpha value is -2.92. The molecule has 1 aliphatic rings. The van der Waals surface area contributed by atoms with Crippen LogP contribution in [0.2, 0.25) is 0 Å². The fourth-order valence-corrected chi connectivity index (χ4v) is 3.18. The summed E-state index contributed by atoms with van der Waals surface area (Å²) in [7, 11) is 0. The highest BCUT2D eigenvalue weighted by Gasteiger charge is 2.16. The number of hydrogen-bond acceptors (Lipinski definition) is 4. The number of benzene rings is 2. The zero-order valence-corrected chi connectivity index (χ0v) is 15.1. The fraction of sp³-hybridized carbons (Fsp3) is 0.273. The third-order valence-corrected chi connectivity index (χ3v) is 4.73. The van der Waals surface area contributed by atoms with Gasteiger partial charge in [0.1, 0.15) is 5.75 Å². The van der Waals surface area contributed by atoms with Crippen LogP contribution < -0.4 is 10.1 Å². The van der Waals surface area contributed by atoms with Gasteiger partial charge in [-0.3, -0.25) is 9.78 Å². The predicted molar refractivity (Wildman–Crippen MR) is 104 cm³/mol. The normalized spacial score (nSPS) is 16.4. The lowest BCUT2D eigenvalue weighted by Gasteiger charge is -2.12. The van der Waals surface area contributed by atoms with Crippen LogP contribution in [0, 0.1) is 5.92 Å². The summed E-state index contributed by atoms with van der Waals surface area (Å²) in [4.78, 5) is 16.7. The van der Waals surface area contributed by atoms with E-state index in [0.29, 0.717) is 24.6 Å². The van der Waals surface area contributed by atoms with Gasteiger partial charge in [-0.15, -0.1) is 0 Å². The van der Waals surface area contributed by atoms with Gasteiger partial charge in [0.15, 0.2) is 0 Å². The molecule has 0 saturated carbocycles. The molecule has 138 valence electrons. The summed E-state index contributed by atoms with van der Waals surface area (Å²) < 4.78 is 11.2. The van der Waals surface area contributed by atoms with E-state index in [2.05, 4.69) is 10.3 Å². The van der Waals surface area contributed by atoms with Gasteiger partial charge in [-0.2, -0.15) is 0 Å². The molecule has 1 unspecified atom stereocenters. The summed E-state index contributed by atoms with van der Waals surface area (Å²) >= 11 is 0. The maximum absolute atomic E-state index is 12.5. The largest absolute Gasteiger partial charge is 0.493 e. The molecular formula is C22H22N2O3. The first-order valence-electron chi connectivity index (χ1n) is 9.20. The van der Waals surface area contributed by atoms with Crippen molar-refractivity contribution >= 4 is 16.8 Å². The van der Waals surface area contributed by atoms with E-state index < -0.39 is 0 Å². The minimum absolute atomic E-state index is 0.102. The first kappa shape index (κ1) is 17.5. The van der Waals surface area contributed by atoms with E-state index in [1.54, 1.807) is 12.3 Å². The van der Waals surface area contributed by atoms with Crippen molar-refractivity contribution < 1.29 is 14.3 Å². The summed E-state index contributed by atoms with van der Waals surface area (Å²) in [5, 5.41) is 3.92. The van der Waals surface area contributed by atoms with Crippen LogP contribution in [0.5, 0.6) is 5.75 Å². The third-order valence-electron chi connectivity index (χ3n) is 4.73. The highest BCUT2D eigenvalue weighted by molar-refractivity contribution is 5.97. The average Bonchev–Trinajstić information content (AvgIpc) is 3.24. The molecule has 3 aromatic rings. The van der Waals surface area contributed by atoms with Crippen LogP contribution in [0.15, 0.2) is 60.8 Å². The van der Waals surface area contributed by atoms with Crippen molar-refractivity contribution in [2.24, 2.45) is 5.92 Å². The molecular weight excluding hydrogens is 340 g/mol. The first-order chi connectivity index (χ1) is 13.3. The molecule has 4 rings (SSSR count). The van der Waals surface area contributed by atoms with E-state index in [1.807, 2.05) is 48.5 Å². The smallest absolute Gasteiger partial charge is 0.251 e. The Balaban J connectivity index is 1.35. The summed E-state index contributed by atoms with van der Waals surface area (Å²) in [6.45, 7) is 2.72. The van der Waals surface area contributed by atoms with Crippen molar-refractivity contribution in [3.05, 3.63) is 71.9 Å². The number of amides is 1. The quantitative estimate of drug-likeness (QED) is 0.728. The number of hydrogen-bond donors (Lipinski definition) is 1. The number of ether oxygens (including phenoxy) is 2. The number of carbonyl (C=O) groups is 1. The second-order valence-electron chi connectivity index (χ2n) is 6.78. The third kappa shape index (κ3) is 4.44. The molecule has 27 heavy (non-hydrogen) atoms. The second kappa shape index (κ2) is 8.18. The minimum atomic E-state index is -0.102. The Morgan fingerprint density at radius 1 is 1.19 bits per heavy atom. The van der Waals surface area contributed by atoms with Crippen LogP contribution in [0.25, 0.3) is 10.9 Å². The highest BCUT2D eigenvalue weighted by atomic mass is 16.5. The molecule has 1 amide bonds. The Kier molecular flexibility index (Phi) is 5.30. The molecule has 1 aliphatic heterocycles. The number of nitrogens with zero attached hydrogens (tertiary/aromatic N) is 1. The number of aromatic nitrogens is 1. The predicted octanol–water partition coefficient (Wildman–Crippen LogP) is 3.58. The molecule has 0 spiro atoms. The Morgan fingerprint density at radius 2 is 2.15 bits per heavy atom. The van der Waals surface area contributed by atoms with Gasteiger partial charge in [0.2, 0.25) is 0 Å². The lowest BCUT2D eigenvalue weighted by molar-refractivity contribution is 0.0951. The van der Waals surface area contributed by atoms with Crippen LogP contribution in [0.3, 0.4) is 0 Å². The van der Waals surface area contributed by atoms with E-state index in [4.69, 9.17) is 9.47 Å². The molecule has 5 nitrogen and oxygen atoms in total. The highest BCUT2D eigenvalue weighted by Crippen LogP contribution is 2.18. The van der Waals surface area contributed by atoms with Gasteiger partial charge < -0.3 is 14.8 Å². The molecule has 2 heterocycles. The van der Waals surface area contributed by atoms with Gasteiger partial charge in [-0.1, -0.05) is 18.2 Å². The molecule has 0 radical (unpaired) electrons. The maximum atomic E-state index is 12.5. The van der Waals surface area contributed by atoms with Gasteiger partial charge in [0.05, 0.1) is 18.7 Å². The van der Waals surface area contributed by atoms with Crippen LogP contribution in [0.1, 0.15) is 22.3 Å². The molecule has 2 aromatic carbocycles. The Morgan fingerprint density at radius 3 is 3.04 bits per heavy atom. The summed E-state index contributed by atoms with van der Waals surface area (Å²) in [5.41, 5.74) is 2.52. The molecule has 1 saturated heterocycles. The Labute approximate surface area is 158 Å². The molecule has 1 fully saturated rings. The van der Waals surface area contributed by atoms with Crippen molar-refractivity contribution in [3.8, 4) is 5.75 Å². The topological polar surface area (TPSA) is 60.5 Å². The lowest BCUT2D eigenvalue weighted by Crippen LogP contribution is -2.22. The number of fused-ring (bicyclic) bond motifs is 1. The number of rotatable bonds is 6. The average molecular weight is 362 g/mol. The van der Waals surface area contributed by atoms with Gasteiger partial charge >= 0.3 is 0 Å². The number of nitrogens with one attached hydrogen (secondary N) is 1. The number of carbonyl (C=O) groups excluding carboxylic acids is 1. The van der Waals surface area contributed by atoms with Crippen LogP contribution in [-0.4, -0.2) is 30.7 Å². The summed E-state index contributed by atoms with van der Waals surface area (Å²) in [6.07, 6.45) is 2.80. The SMILES string of the molecule is O=C(NCc1cccc(OCC2CCOC2)c1)c1ccc2ncccc2c1. The lowest BCUT2D eigenvalue weighted by atomic mass is 10.1. The molecule has 1 N–H and O–H groups in total. The van der Waals surface area contributed by atoms with Gasteiger partial charge in [0.25, 0.3) is 5.91 Å². The monoisotopic (exact) mass is 362 g/mol.